The van der Waals surface area contributed by atoms with E-state index in [1.807, 2.05) is 25.1 Å². The van der Waals surface area contributed by atoms with E-state index in [0.29, 0.717) is 18.8 Å². The summed E-state index contributed by atoms with van der Waals surface area (Å²) in [7, 11) is 0. The van der Waals surface area contributed by atoms with Gasteiger partial charge in [0.25, 0.3) is 0 Å². The Labute approximate surface area is 165 Å². The molecule has 1 fully saturated rings. The molecule has 0 saturated carbocycles. The number of carbonyl (C=O) groups excluding carboxylic acids is 2. The lowest BCUT2D eigenvalue weighted by Crippen LogP contribution is -2.56. The van der Waals surface area contributed by atoms with E-state index in [1.54, 1.807) is 12.4 Å². The van der Waals surface area contributed by atoms with Gasteiger partial charge in [0.1, 0.15) is 0 Å². The van der Waals surface area contributed by atoms with Gasteiger partial charge in [-0.05, 0) is 31.9 Å². The van der Waals surface area contributed by atoms with Crippen molar-refractivity contribution in [1.82, 2.24) is 25.5 Å². The fourth-order valence-corrected chi connectivity index (χ4v) is 3.33. The zero-order valence-corrected chi connectivity index (χ0v) is 16.2. The van der Waals surface area contributed by atoms with Crippen LogP contribution in [0.4, 0.5) is 0 Å². The molecule has 2 heterocycles. The minimum Gasteiger partial charge on any atom is -0.353 e. The van der Waals surface area contributed by atoms with Crippen LogP contribution >= 0.6 is 0 Å². The second-order valence-electron chi connectivity index (χ2n) is 7.06. The Balaban J connectivity index is 1.49. The Bertz CT molecular complexity index is 779. The van der Waals surface area contributed by atoms with Gasteiger partial charge >= 0.3 is 0 Å². The van der Waals surface area contributed by atoms with Crippen molar-refractivity contribution in [1.29, 1.82) is 0 Å². The summed E-state index contributed by atoms with van der Waals surface area (Å²) < 4.78 is 0. The molecule has 7 heteroatoms. The average Bonchev–Trinajstić information content (AvgIpc) is 2.71. The quantitative estimate of drug-likeness (QED) is 0.718. The standard InChI is InChI=1S/C21H27N5O2/c1-16-13-24-18(14-23-16)15-25-20(27)12-19-21(28)22-9-11-26(19)10-5-8-17-6-3-2-4-7-17/h2-4,6-7,13-14,19H,5,8-12,15H2,1H3,(H,22,28)(H,25,27)/t19-/m1/s1. The highest BCUT2D eigenvalue weighted by atomic mass is 16.2. The van der Waals surface area contributed by atoms with Gasteiger partial charge in [0.15, 0.2) is 0 Å². The minimum atomic E-state index is -0.423. The van der Waals surface area contributed by atoms with E-state index in [9.17, 15) is 9.59 Å². The molecule has 3 rings (SSSR count). The summed E-state index contributed by atoms with van der Waals surface area (Å²) in [6.07, 6.45) is 5.39. The van der Waals surface area contributed by atoms with Crippen LogP contribution in [0.25, 0.3) is 0 Å². The van der Waals surface area contributed by atoms with Gasteiger partial charge in [0, 0.05) is 19.3 Å². The molecule has 0 unspecified atom stereocenters. The molecule has 1 saturated heterocycles. The number of carbonyl (C=O) groups is 2. The van der Waals surface area contributed by atoms with E-state index in [2.05, 4.69) is 37.6 Å². The molecule has 1 aromatic carbocycles. The van der Waals surface area contributed by atoms with Gasteiger partial charge in [-0.25, -0.2) is 0 Å². The molecular weight excluding hydrogens is 354 g/mol. The van der Waals surface area contributed by atoms with Gasteiger partial charge in [0.2, 0.25) is 11.8 Å². The van der Waals surface area contributed by atoms with Gasteiger partial charge < -0.3 is 10.6 Å². The largest absolute Gasteiger partial charge is 0.353 e. The molecule has 0 spiro atoms. The summed E-state index contributed by atoms with van der Waals surface area (Å²) in [5.41, 5.74) is 2.82. The van der Waals surface area contributed by atoms with Crippen molar-refractivity contribution in [3.05, 3.63) is 59.7 Å². The molecule has 2 N–H and O–H groups in total. The molecular formula is C21H27N5O2. The number of amides is 2. The normalized spacial score (nSPS) is 17.2. The van der Waals surface area contributed by atoms with Gasteiger partial charge in [0.05, 0.1) is 36.6 Å². The molecule has 1 aromatic heterocycles. The highest BCUT2D eigenvalue weighted by Crippen LogP contribution is 2.12. The van der Waals surface area contributed by atoms with Crippen LogP contribution in [0.2, 0.25) is 0 Å². The predicted molar refractivity (Wildman–Crippen MR) is 106 cm³/mol. The molecule has 0 radical (unpaired) electrons. The van der Waals surface area contributed by atoms with E-state index in [0.717, 1.165) is 31.6 Å². The van der Waals surface area contributed by atoms with E-state index >= 15 is 0 Å². The van der Waals surface area contributed by atoms with Crippen LogP contribution < -0.4 is 10.6 Å². The van der Waals surface area contributed by atoms with Gasteiger partial charge in [-0.2, -0.15) is 0 Å². The number of nitrogens with one attached hydrogen (secondary N) is 2. The third kappa shape index (κ3) is 5.85. The second kappa shape index (κ2) is 9.94. The van der Waals surface area contributed by atoms with E-state index in [4.69, 9.17) is 0 Å². The Morgan fingerprint density at radius 2 is 2.07 bits per heavy atom. The number of piperazine rings is 1. The highest BCUT2D eigenvalue weighted by molar-refractivity contribution is 5.88. The number of hydrogen-bond acceptors (Lipinski definition) is 5. The molecule has 0 aliphatic carbocycles. The van der Waals surface area contributed by atoms with Crippen molar-refractivity contribution in [3.8, 4) is 0 Å². The first-order chi connectivity index (χ1) is 13.6. The fraction of sp³-hybridized carbons (Fsp3) is 0.429. The molecule has 2 aromatic rings. The number of nitrogens with zero attached hydrogens (tertiary/aromatic N) is 3. The van der Waals surface area contributed by atoms with E-state index in [1.165, 1.54) is 5.56 Å². The lowest BCUT2D eigenvalue weighted by atomic mass is 10.1. The van der Waals surface area contributed by atoms with Crippen LogP contribution in [0.1, 0.15) is 29.8 Å². The number of aromatic nitrogens is 2. The van der Waals surface area contributed by atoms with Crippen LogP contribution in [0.5, 0.6) is 0 Å². The van der Waals surface area contributed by atoms with Gasteiger partial charge in [-0.3, -0.25) is 24.5 Å². The van der Waals surface area contributed by atoms with Crippen LogP contribution in [0, 0.1) is 6.92 Å². The van der Waals surface area contributed by atoms with Crippen molar-refractivity contribution in [2.24, 2.45) is 0 Å². The topological polar surface area (TPSA) is 87.2 Å². The number of benzene rings is 1. The van der Waals surface area contributed by atoms with Crippen molar-refractivity contribution in [2.75, 3.05) is 19.6 Å². The molecule has 148 valence electrons. The Morgan fingerprint density at radius 1 is 1.25 bits per heavy atom. The molecule has 7 nitrogen and oxygen atoms in total. The molecule has 28 heavy (non-hydrogen) atoms. The van der Waals surface area contributed by atoms with Gasteiger partial charge in [-0.1, -0.05) is 30.3 Å². The molecule has 1 atom stereocenters. The van der Waals surface area contributed by atoms with Crippen molar-refractivity contribution in [2.45, 2.75) is 38.8 Å². The zero-order valence-electron chi connectivity index (χ0n) is 16.2. The van der Waals surface area contributed by atoms with Crippen molar-refractivity contribution < 1.29 is 9.59 Å². The summed E-state index contributed by atoms with van der Waals surface area (Å²) in [6.45, 7) is 4.37. The Hall–Kier alpha value is -2.80. The summed E-state index contributed by atoms with van der Waals surface area (Å²) in [6, 6.07) is 9.89. The first kappa shape index (κ1) is 19.9. The Kier molecular flexibility index (Phi) is 7.08. The maximum Gasteiger partial charge on any atom is 0.237 e. The SMILES string of the molecule is Cc1cnc(CNC(=O)C[C@@H]2C(=O)NCCN2CCCc2ccccc2)cn1. The monoisotopic (exact) mass is 381 g/mol. The fourth-order valence-electron chi connectivity index (χ4n) is 3.33. The van der Waals surface area contributed by atoms with Crippen LogP contribution in [0.15, 0.2) is 42.7 Å². The maximum absolute atomic E-state index is 12.4. The summed E-state index contributed by atoms with van der Waals surface area (Å²) in [4.78, 5) is 35.2. The lowest BCUT2D eigenvalue weighted by Gasteiger charge is -2.34. The van der Waals surface area contributed by atoms with E-state index in [-0.39, 0.29) is 18.2 Å². The Morgan fingerprint density at radius 3 is 2.82 bits per heavy atom. The summed E-state index contributed by atoms with van der Waals surface area (Å²) in [5, 5.41) is 5.71. The average molecular weight is 381 g/mol. The third-order valence-corrected chi connectivity index (χ3v) is 4.88. The van der Waals surface area contributed by atoms with Crippen LogP contribution in [-0.2, 0) is 22.6 Å². The maximum atomic E-state index is 12.4. The first-order valence-electron chi connectivity index (χ1n) is 9.72. The summed E-state index contributed by atoms with van der Waals surface area (Å²) >= 11 is 0. The minimum absolute atomic E-state index is 0.0729. The number of rotatable bonds is 8. The highest BCUT2D eigenvalue weighted by Gasteiger charge is 2.31. The number of aryl methyl sites for hydroxylation is 2. The third-order valence-electron chi connectivity index (χ3n) is 4.88. The molecule has 1 aliphatic heterocycles. The van der Waals surface area contributed by atoms with Crippen molar-refractivity contribution >= 4 is 11.8 Å². The lowest BCUT2D eigenvalue weighted by molar-refractivity contribution is -0.134. The van der Waals surface area contributed by atoms with Gasteiger partial charge in [-0.15, -0.1) is 0 Å². The smallest absolute Gasteiger partial charge is 0.237 e. The first-order valence-corrected chi connectivity index (χ1v) is 9.72. The molecule has 2 amide bonds. The zero-order chi connectivity index (χ0) is 19.8. The summed E-state index contributed by atoms with van der Waals surface area (Å²) in [5.74, 6) is -0.228. The number of hydrogen-bond donors (Lipinski definition) is 2. The van der Waals surface area contributed by atoms with Crippen LogP contribution in [-0.4, -0.2) is 52.4 Å². The second-order valence-corrected chi connectivity index (χ2v) is 7.06. The van der Waals surface area contributed by atoms with E-state index < -0.39 is 6.04 Å². The van der Waals surface area contributed by atoms with Crippen LogP contribution in [0.3, 0.4) is 0 Å². The molecule has 1 aliphatic rings. The molecule has 0 bridgehead atoms. The predicted octanol–water partition coefficient (Wildman–Crippen LogP) is 1.22. The van der Waals surface area contributed by atoms with Crippen molar-refractivity contribution in [3.63, 3.8) is 0 Å².